The molecule has 0 aliphatic carbocycles. The molecule has 1 atom stereocenters. The molecule has 3 rings (SSSR count). The molecule has 0 aromatic heterocycles. The van der Waals surface area contributed by atoms with Gasteiger partial charge in [0, 0.05) is 33.3 Å². The van der Waals surface area contributed by atoms with E-state index < -0.39 is 33.5 Å². The van der Waals surface area contributed by atoms with Crippen LogP contribution < -0.4 is 4.74 Å². The third-order valence-corrected chi connectivity index (χ3v) is 7.22. The largest absolute Gasteiger partial charge is 0.507 e. The molecule has 1 N–H and O–H groups in total. The van der Waals surface area contributed by atoms with Crippen LogP contribution in [0.25, 0.3) is 5.76 Å². The fourth-order valence-corrected chi connectivity index (χ4v) is 4.51. The molecule has 0 bridgehead atoms. The molecule has 2 aromatic rings. The van der Waals surface area contributed by atoms with Gasteiger partial charge in [-0.25, -0.2) is 12.7 Å². The van der Waals surface area contributed by atoms with Crippen molar-refractivity contribution in [1.82, 2.24) is 9.21 Å². The highest BCUT2D eigenvalue weighted by atomic mass is 32.2. The van der Waals surface area contributed by atoms with E-state index >= 15 is 0 Å². The predicted octanol–water partition coefficient (Wildman–Crippen LogP) is 2.01. The van der Waals surface area contributed by atoms with Crippen molar-refractivity contribution < 1.29 is 32.6 Å². The SMILES string of the molecule is COCCN1C(=O)C(=O)/C(=C(\O)c2ccc(S(=O)(=O)N(C)C)cc2)C1c1cccc(OC)c1. The van der Waals surface area contributed by atoms with Crippen molar-refractivity contribution in [3.05, 3.63) is 65.2 Å². The zero-order chi connectivity index (χ0) is 24.3. The van der Waals surface area contributed by atoms with Crippen LogP contribution in [0, 0.1) is 0 Å². The number of aliphatic hydroxyl groups is 1. The highest BCUT2D eigenvalue weighted by Gasteiger charge is 2.46. The molecule has 176 valence electrons. The molecule has 1 aliphatic rings. The highest BCUT2D eigenvalue weighted by molar-refractivity contribution is 7.89. The normalized spacial score (nSPS) is 18.2. The molecule has 2 aromatic carbocycles. The molecule has 0 spiro atoms. The Hall–Kier alpha value is -3.21. The molecule has 10 heteroatoms. The topological polar surface area (TPSA) is 113 Å². The van der Waals surface area contributed by atoms with Crippen LogP contribution in [-0.4, -0.2) is 75.9 Å². The van der Waals surface area contributed by atoms with E-state index in [1.165, 1.54) is 57.5 Å². The van der Waals surface area contributed by atoms with Gasteiger partial charge < -0.3 is 19.5 Å². The van der Waals surface area contributed by atoms with Crippen LogP contribution in [0.15, 0.2) is 59.0 Å². The molecular formula is C23H26N2O7S. The Morgan fingerprint density at radius 3 is 2.33 bits per heavy atom. The average molecular weight is 475 g/mol. The maximum Gasteiger partial charge on any atom is 0.295 e. The molecular weight excluding hydrogens is 448 g/mol. The van der Waals surface area contributed by atoms with Gasteiger partial charge in [0.15, 0.2) is 0 Å². The van der Waals surface area contributed by atoms with E-state index in [0.29, 0.717) is 11.3 Å². The average Bonchev–Trinajstić information content (AvgIpc) is 3.07. The summed E-state index contributed by atoms with van der Waals surface area (Å²) < 4.78 is 36.1. The number of methoxy groups -OCH3 is 2. The lowest BCUT2D eigenvalue weighted by Gasteiger charge is -2.25. The number of carbonyl (C=O) groups excluding carboxylic acids is 2. The summed E-state index contributed by atoms with van der Waals surface area (Å²) in [6, 6.07) is 11.5. The van der Waals surface area contributed by atoms with Crippen molar-refractivity contribution in [1.29, 1.82) is 0 Å². The van der Waals surface area contributed by atoms with E-state index in [1.807, 2.05) is 0 Å². The second-order valence-corrected chi connectivity index (χ2v) is 9.73. The number of hydrogen-bond donors (Lipinski definition) is 1. The molecule has 1 heterocycles. The lowest BCUT2D eigenvalue weighted by Crippen LogP contribution is -2.32. The van der Waals surface area contributed by atoms with Crippen LogP contribution >= 0.6 is 0 Å². The number of sulfonamides is 1. The van der Waals surface area contributed by atoms with Gasteiger partial charge >= 0.3 is 0 Å². The zero-order valence-electron chi connectivity index (χ0n) is 18.8. The summed E-state index contributed by atoms with van der Waals surface area (Å²) in [5.41, 5.74) is 0.705. The van der Waals surface area contributed by atoms with Crippen LogP contribution in [0.1, 0.15) is 17.2 Å². The van der Waals surface area contributed by atoms with Gasteiger partial charge in [0.1, 0.15) is 11.5 Å². The highest BCUT2D eigenvalue weighted by Crippen LogP contribution is 2.40. The molecule has 1 saturated heterocycles. The fraction of sp³-hybridized carbons (Fsp3) is 0.304. The Bertz CT molecular complexity index is 1190. The lowest BCUT2D eigenvalue weighted by atomic mass is 9.95. The second-order valence-electron chi connectivity index (χ2n) is 7.57. The van der Waals surface area contributed by atoms with E-state index in [4.69, 9.17) is 9.47 Å². The number of amides is 1. The number of hydrogen-bond acceptors (Lipinski definition) is 7. The number of ether oxygens (including phenoxy) is 2. The van der Waals surface area contributed by atoms with Gasteiger partial charge in [-0.3, -0.25) is 9.59 Å². The fourth-order valence-electron chi connectivity index (χ4n) is 3.61. The third-order valence-electron chi connectivity index (χ3n) is 5.39. The first-order chi connectivity index (χ1) is 15.6. The summed E-state index contributed by atoms with van der Waals surface area (Å²) in [5.74, 6) is -1.45. The number of benzene rings is 2. The van der Waals surface area contributed by atoms with Gasteiger partial charge in [-0.05, 0) is 42.0 Å². The van der Waals surface area contributed by atoms with Gasteiger partial charge in [0.05, 0.1) is 30.2 Å². The minimum atomic E-state index is -3.66. The van der Waals surface area contributed by atoms with Crippen LogP contribution in [0.4, 0.5) is 0 Å². The summed E-state index contributed by atoms with van der Waals surface area (Å²) in [4.78, 5) is 27.2. The maximum absolute atomic E-state index is 13.0. The Balaban J connectivity index is 2.14. The summed E-state index contributed by atoms with van der Waals surface area (Å²) in [6.07, 6.45) is 0. The quantitative estimate of drug-likeness (QED) is 0.354. The van der Waals surface area contributed by atoms with Gasteiger partial charge in [0.25, 0.3) is 11.7 Å². The van der Waals surface area contributed by atoms with E-state index in [-0.39, 0.29) is 29.2 Å². The monoisotopic (exact) mass is 474 g/mol. The third kappa shape index (κ3) is 4.63. The maximum atomic E-state index is 13.0. The minimum absolute atomic E-state index is 0.0361. The zero-order valence-corrected chi connectivity index (χ0v) is 19.6. The lowest BCUT2D eigenvalue weighted by molar-refractivity contribution is -0.140. The molecule has 1 fully saturated rings. The number of rotatable bonds is 8. The van der Waals surface area contributed by atoms with Crippen LogP contribution in [0.3, 0.4) is 0 Å². The van der Waals surface area contributed by atoms with E-state index in [0.717, 1.165) is 4.31 Å². The van der Waals surface area contributed by atoms with Crippen molar-refractivity contribution in [3.63, 3.8) is 0 Å². The molecule has 0 saturated carbocycles. The van der Waals surface area contributed by atoms with Crippen LogP contribution in [-0.2, 0) is 24.3 Å². The van der Waals surface area contributed by atoms with Crippen LogP contribution in [0.5, 0.6) is 5.75 Å². The van der Waals surface area contributed by atoms with Crippen molar-refractivity contribution in [2.45, 2.75) is 10.9 Å². The number of carbonyl (C=O) groups is 2. The Labute approximate surface area is 192 Å². The first-order valence-electron chi connectivity index (χ1n) is 10.1. The van der Waals surface area contributed by atoms with E-state index in [9.17, 15) is 23.1 Å². The number of nitrogens with zero attached hydrogens (tertiary/aromatic N) is 2. The minimum Gasteiger partial charge on any atom is -0.507 e. The predicted molar refractivity (Wildman–Crippen MR) is 121 cm³/mol. The first-order valence-corrected chi connectivity index (χ1v) is 11.5. The standard InChI is InChI=1S/C23H26N2O7S/c1-24(2)33(29,30)18-10-8-15(9-11-18)21(26)19-20(16-6-5-7-17(14-16)32-4)25(12-13-31-3)23(28)22(19)27/h5-11,14,20,26H,12-13H2,1-4H3/b21-19-. The van der Waals surface area contributed by atoms with E-state index in [1.54, 1.807) is 24.3 Å². The molecule has 1 amide bonds. The van der Waals surface area contributed by atoms with Crippen molar-refractivity contribution in [3.8, 4) is 5.75 Å². The van der Waals surface area contributed by atoms with Crippen molar-refractivity contribution >= 4 is 27.5 Å². The van der Waals surface area contributed by atoms with Crippen molar-refractivity contribution in [2.24, 2.45) is 0 Å². The number of likely N-dealkylation sites (tertiary alicyclic amines) is 1. The number of aliphatic hydroxyl groups excluding tert-OH is 1. The Morgan fingerprint density at radius 1 is 1.09 bits per heavy atom. The summed E-state index contributed by atoms with van der Waals surface area (Å²) in [6.45, 7) is 0.338. The Morgan fingerprint density at radius 2 is 1.76 bits per heavy atom. The summed E-state index contributed by atoms with van der Waals surface area (Å²) in [7, 11) is 2.16. The smallest absolute Gasteiger partial charge is 0.295 e. The first kappa shape index (κ1) is 24.4. The Kier molecular flexibility index (Phi) is 7.21. The summed E-state index contributed by atoms with van der Waals surface area (Å²) in [5, 5.41) is 11.1. The second kappa shape index (κ2) is 9.74. The summed E-state index contributed by atoms with van der Waals surface area (Å²) >= 11 is 0. The molecule has 0 radical (unpaired) electrons. The molecule has 33 heavy (non-hydrogen) atoms. The van der Waals surface area contributed by atoms with Gasteiger partial charge in [-0.15, -0.1) is 0 Å². The van der Waals surface area contributed by atoms with Gasteiger partial charge in [-0.1, -0.05) is 12.1 Å². The van der Waals surface area contributed by atoms with E-state index in [2.05, 4.69) is 0 Å². The van der Waals surface area contributed by atoms with Crippen LogP contribution in [0.2, 0.25) is 0 Å². The number of Topliss-reactive ketones (excluding diaryl/α,β-unsaturated/α-hetero) is 1. The molecule has 1 unspecified atom stereocenters. The molecule has 1 aliphatic heterocycles. The van der Waals surface area contributed by atoms with Crippen molar-refractivity contribution in [2.75, 3.05) is 41.5 Å². The number of ketones is 1. The van der Waals surface area contributed by atoms with Gasteiger partial charge in [0.2, 0.25) is 10.0 Å². The molecule has 9 nitrogen and oxygen atoms in total. The van der Waals surface area contributed by atoms with Gasteiger partial charge in [-0.2, -0.15) is 0 Å².